The van der Waals surface area contributed by atoms with Crippen LogP contribution < -0.4 is 10.5 Å². The average Bonchev–Trinajstić information content (AvgIpc) is 2.70. The summed E-state index contributed by atoms with van der Waals surface area (Å²) in [4.78, 5) is 0. The Hall–Kier alpha value is -1.52. The highest BCUT2D eigenvalue weighted by molar-refractivity contribution is 6.31. The van der Waals surface area contributed by atoms with Crippen LogP contribution in [0.2, 0.25) is 5.02 Å². The maximum Gasteiger partial charge on any atom is 0.119 e. The summed E-state index contributed by atoms with van der Waals surface area (Å²) in [7, 11) is 1.64. The maximum absolute atomic E-state index is 6.03. The smallest absolute Gasteiger partial charge is 0.119 e. The third kappa shape index (κ3) is 2.49. The number of halogens is 1. The fourth-order valence-corrected chi connectivity index (χ4v) is 2.00. The van der Waals surface area contributed by atoms with Crippen molar-refractivity contribution in [1.29, 1.82) is 0 Å². The van der Waals surface area contributed by atoms with Gasteiger partial charge in [-0.15, -0.1) is 0 Å². The molecule has 2 rings (SSSR count). The van der Waals surface area contributed by atoms with E-state index in [1.807, 2.05) is 31.2 Å². The molecule has 1 atom stereocenters. The van der Waals surface area contributed by atoms with E-state index < -0.39 is 0 Å². The lowest BCUT2D eigenvalue weighted by Crippen LogP contribution is -2.21. The Labute approximate surface area is 111 Å². The maximum atomic E-state index is 6.03. The number of aryl methyl sites for hydroxylation is 1. The van der Waals surface area contributed by atoms with Crippen molar-refractivity contribution in [1.82, 2.24) is 9.78 Å². The van der Waals surface area contributed by atoms with Crippen LogP contribution in [0, 0.1) is 6.92 Å². The molecular formula is C13H16ClN3O. The molecule has 1 aromatic carbocycles. The second-order valence-electron chi connectivity index (χ2n) is 4.07. The molecule has 0 aliphatic rings. The predicted octanol–water partition coefficient (Wildman–Crippen LogP) is 2.40. The summed E-state index contributed by atoms with van der Waals surface area (Å²) in [6.45, 7) is 2.32. The van der Waals surface area contributed by atoms with Gasteiger partial charge in [0.05, 0.1) is 23.9 Å². The molecular weight excluding hydrogens is 250 g/mol. The Morgan fingerprint density at radius 1 is 1.50 bits per heavy atom. The molecule has 18 heavy (non-hydrogen) atoms. The lowest BCUT2D eigenvalue weighted by atomic mass is 10.1. The molecule has 2 N–H and O–H groups in total. The second kappa shape index (κ2) is 5.42. The van der Waals surface area contributed by atoms with Crippen molar-refractivity contribution in [2.75, 3.05) is 13.7 Å². The van der Waals surface area contributed by atoms with Crippen molar-refractivity contribution in [2.24, 2.45) is 5.73 Å². The van der Waals surface area contributed by atoms with Crippen LogP contribution in [0.15, 0.2) is 30.5 Å². The predicted molar refractivity (Wildman–Crippen MR) is 72.2 cm³/mol. The SMILES string of the molecule is COc1cccc(C(CN)n2cc(Cl)c(C)n2)c1. The first-order chi connectivity index (χ1) is 8.65. The van der Waals surface area contributed by atoms with E-state index in [1.165, 1.54) is 0 Å². The zero-order valence-corrected chi connectivity index (χ0v) is 11.2. The molecule has 0 saturated heterocycles. The number of nitrogens with zero attached hydrogens (tertiary/aromatic N) is 2. The highest BCUT2D eigenvalue weighted by Gasteiger charge is 2.15. The summed E-state index contributed by atoms with van der Waals surface area (Å²) in [5, 5.41) is 5.03. The molecule has 5 heteroatoms. The van der Waals surface area contributed by atoms with E-state index in [0.29, 0.717) is 11.6 Å². The molecule has 0 spiro atoms. The molecule has 0 fully saturated rings. The van der Waals surface area contributed by atoms with Crippen LogP contribution in [0.5, 0.6) is 5.75 Å². The first kappa shape index (κ1) is 12.9. The van der Waals surface area contributed by atoms with Gasteiger partial charge in [0.2, 0.25) is 0 Å². The second-order valence-corrected chi connectivity index (χ2v) is 4.48. The van der Waals surface area contributed by atoms with Crippen LogP contribution in [-0.4, -0.2) is 23.4 Å². The van der Waals surface area contributed by atoms with E-state index in [0.717, 1.165) is 17.0 Å². The Kier molecular flexibility index (Phi) is 3.89. The molecule has 1 heterocycles. The van der Waals surface area contributed by atoms with Crippen LogP contribution in [-0.2, 0) is 0 Å². The number of methoxy groups -OCH3 is 1. The third-order valence-electron chi connectivity index (χ3n) is 2.88. The number of rotatable bonds is 4. The van der Waals surface area contributed by atoms with Gasteiger partial charge in [-0.25, -0.2) is 0 Å². The third-order valence-corrected chi connectivity index (χ3v) is 3.25. The normalized spacial score (nSPS) is 12.4. The van der Waals surface area contributed by atoms with Crippen molar-refractivity contribution < 1.29 is 4.74 Å². The molecule has 0 aliphatic carbocycles. The molecule has 4 nitrogen and oxygen atoms in total. The molecule has 96 valence electrons. The Morgan fingerprint density at radius 2 is 2.28 bits per heavy atom. The van der Waals surface area contributed by atoms with E-state index >= 15 is 0 Å². The molecule has 1 aromatic heterocycles. The Bertz CT molecular complexity index is 519. The fourth-order valence-electron chi connectivity index (χ4n) is 1.86. The van der Waals surface area contributed by atoms with Gasteiger partial charge < -0.3 is 10.5 Å². The molecule has 0 radical (unpaired) electrons. The van der Waals surface area contributed by atoms with Gasteiger partial charge in [-0.3, -0.25) is 4.68 Å². The summed E-state index contributed by atoms with van der Waals surface area (Å²) in [6.07, 6.45) is 1.80. The molecule has 0 amide bonds. The Balaban J connectivity index is 2.38. The summed E-state index contributed by atoms with van der Waals surface area (Å²) in [5.74, 6) is 0.806. The van der Waals surface area contributed by atoms with E-state index in [4.69, 9.17) is 22.1 Å². The van der Waals surface area contributed by atoms with Gasteiger partial charge in [0.15, 0.2) is 0 Å². The summed E-state index contributed by atoms with van der Waals surface area (Å²) < 4.78 is 7.02. The van der Waals surface area contributed by atoms with Gasteiger partial charge in [-0.1, -0.05) is 23.7 Å². The van der Waals surface area contributed by atoms with Crippen LogP contribution in [0.4, 0.5) is 0 Å². The van der Waals surface area contributed by atoms with E-state index in [-0.39, 0.29) is 6.04 Å². The lowest BCUT2D eigenvalue weighted by Gasteiger charge is -2.16. The van der Waals surface area contributed by atoms with Gasteiger partial charge in [-0.2, -0.15) is 5.10 Å². The molecule has 0 bridgehead atoms. The van der Waals surface area contributed by atoms with Crippen molar-refractivity contribution in [3.63, 3.8) is 0 Å². The topological polar surface area (TPSA) is 53.1 Å². The first-order valence-electron chi connectivity index (χ1n) is 5.71. The fraction of sp³-hybridized carbons (Fsp3) is 0.308. The van der Waals surface area contributed by atoms with Crippen LogP contribution in [0.1, 0.15) is 17.3 Å². The highest BCUT2D eigenvalue weighted by Crippen LogP contribution is 2.23. The molecule has 0 aliphatic heterocycles. The number of aromatic nitrogens is 2. The monoisotopic (exact) mass is 265 g/mol. The van der Waals surface area contributed by atoms with E-state index in [2.05, 4.69) is 5.10 Å². The van der Waals surface area contributed by atoms with Crippen LogP contribution >= 0.6 is 11.6 Å². The number of hydrogen-bond acceptors (Lipinski definition) is 3. The average molecular weight is 266 g/mol. The molecule has 1 unspecified atom stereocenters. The van der Waals surface area contributed by atoms with Crippen molar-refractivity contribution in [3.05, 3.63) is 46.7 Å². The van der Waals surface area contributed by atoms with Gasteiger partial charge >= 0.3 is 0 Å². The molecule has 0 saturated carbocycles. The zero-order valence-electron chi connectivity index (χ0n) is 10.4. The zero-order chi connectivity index (χ0) is 13.1. The van der Waals surface area contributed by atoms with Gasteiger partial charge in [0.25, 0.3) is 0 Å². The quantitative estimate of drug-likeness (QED) is 0.924. The summed E-state index contributed by atoms with van der Waals surface area (Å²) in [6, 6.07) is 7.77. The summed E-state index contributed by atoms with van der Waals surface area (Å²) >= 11 is 6.03. The minimum atomic E-state index is -0.0358. The molecule has 2 aromatic rings. The van der Waals surface area contributed by atoms with Gasteiger partial charge in [0, 0.05) is 12.7 Å². The summed E-state index contributed by atoms with van der Waals surface area (Å²) in [5.41, 5.74) is 7.70. The lowest BCUT2D eigenvalue weighted by molar-refractivity contribution is 0.412. The standard InChI is InChI=1S/C13H16ClN3O/c1-9-12(14)8-17(16-9)13(7-15)10-4-3-5-11(6-10)18-2/h3-6,8,13H,7,15H2,1-2H3. The van der Waals surface area contributed by atoms with Crippen LogP contribution in [0.25, 0.3) is 0 Å². The largest absolute Gasteiger partial charge is 0.497 e. The van der Waals surface area contributed by atoms with Crippen molar-refractivity contribution in [3.8, 4) is 5.75 Å². The number of nitrogens with two attached hydrogens (primary N) is 1. The highest BCUT2D eigenvalue weighted by atomic mass is 35.5. The number of hydrogen-bond donors (Lipinski definition) is 1. The van der Waals surface area contributed by atoms with Gasteiger partial charge in [-0.05, 0) is 24.6 Å². The first-order valence-corrected chi connectivity index (χ1v) is 6.08. The number of benzene rings is 1. The Morgan fingerprint density at radius 3 is 2.83 bits per heavy atom. The minimum Gasteiger partial charge on any atom is -0.497 e. The van der Waals surface area contributed by atoms with E-state index in [1.54, 1.807) is 18.0 Å². The van der Waals surface area contributed by atoms with Crippen molar-refractivity contribution >= 4 is 11.6 Å². The van der Waals surface area contributed by atoms with Gasteiger partial charge in [0.1, 0.15) is 5.75 Å². The van der Waals surface area contributed by atoms with Crippen molar-refractivity contribution in [2.45, 2.75) is 13.0 Å². The number of ether oxygens (including phenoxy) is 1. The minimum absolute atomic E-state index is 0.0358. The van der Waals surface area contributed by atoms with E-state index in [9.17, 15) is 0 Å². The van der Waals surface area contributed by atoms with Crippen LogP contribution in [0.3, 0.4) is 0 Å².